The van der Waals surface area contributed by atoms with Crippen molar-refractivity contribution in [3.05, 3.63) is 40.4 Å². The van der Waals surface area contributed by atoms with Crippen molar-refractivity contribution in [3.8, 4) is 0 Å². The highest BCUT2D eigenvalue weighted by Crippen LogP contribution is 2.29. The number of unbranched alkanes of at least 4 members (excludes halogenated alkanes) is 4. The van der Waals surface area contributed by atoms with E-state index in [1.54, 1.807) is 12.1 Å². The number of carbonyl (C=O) groups excluding carboxylic acids is 2. The second-order valence-electron chi connectivity index (χ2n) is 7.43. The molecule has 1 aromatic rings. The second-order valence-corrected chi connectivity index (χ2v) is 7.81. The number of ketones is 2. The number of halogens is 1. The number of hydrogen-bond acceptors (Lipinski definition) is 4. The van der Waals surface area contributed by atoms with E-state index in [2.05, 4.69) is 24.1 Å². The SMILES string of the molecule is CCCCCN(CCCCC)CCCNC1=C(Cl)C(=O)C(=O)c2ccccc21. The highest BCUT2D eigenvalue weighted by molar-refractivity contribution is 6.64. The summed E-state index contributed by atoms with van der Waals surface area (Å²) >= 11 is 6.20. The summed E-state index contributed by atoms with van der Waals surface area (Å²) < 4.78 is 0. The quantitative estimate of drug-likeness (QED) is 0.370. The average Bonchev–Trinajstić information content (AvgIpc) is 2.71. The molecule has 0 saturated carbocycles. The Hall–Kier alpha value is -1.65. The van der Waals surface area contributed by atoms with Gasteiger partial charge in [0, 0.05) is 17.7 Å². The van der Waals surface area contributed by atoms with E-state index in [0.29, 0.717) is 11.3 Å². The monoisotopic (exact) mass is 404 g/mol. The summed E-state index contributed by atoms with van der Waals surface area (Å²) in [6, 6.07) is 7.15. The standard InChI is InChI=1S/C23H33ClN2O2/c1-3-5-9-15-26(16-10-6-4-2)17-11-14-25-21-18-12-7-8-13-19(18)22(27)23(28)20(21)24/h7-8,12-13,25H,3-6,9-11,14-17H2,1-2H3. The topological polar surface area (TPSA) is 49.4 Å². The van der Waals surface area contributed by atoms with Gasteiger partial charge in [-0.2, -0.15) is 0 Å². The average molecular weight is 405 g/mol. The van der Waals surface area contributed by atoms with Crippen LogP contribution in [0.5, 0.6) is 0 Å². The number of hydrogen-bond donors (Lipinski definition) is 1. The molecule has 0 aromatic heterocycles. The van der Waals surface area contributed by atoms with Crippen molar-refractivity contribution < 1.29 is 9.59 Å². The number of nitrogens with zero attached hydrogens (tertiary/aromatic N) is 1. The summed E-state index contributed by atoms with van der Waals surface area (Å²) in [4.78, 5) is 26.8. The Kier molecular flexibility index (Phi) is 9.72. The third kappa shape index (κ3) is 6.18. The van der Waals surface area contributed by atoms with Crippen LogP contribution in [0.4, 0.5) is 0 Å². The van der Waals surface area contributed by atoms with Crippen molar-refractivity contribution in [1.29, 1.82) is 0 Å². The number of fused-ring (bicyclic) bond motifs is 1. The smallest absolute Gasteiger partial charge is 0.246 e. The van der Waals surface area contributed by atoms with Gasteiger partial charge in [-0.3, -0.25) is 9.59 Å². The molecule has 5 heteroatoms. The van der Waals surface area contributed by atoms with E-state index in [-0.39, 0.29) is 5.03 Å². The fourth-order valence-corrected chi connectivity index (χ4v) is 3.80. The molecule has 0 aliphatic heterocycles. The van der Waals surface area contributed by atoms with Crippen molar-refractivity contribution in [2.45, 2.75) is 58.8 Å². The molecule has 1 aromatic carbocycles. The van der Waals surface area contributed by atoms with E-state index in [1.807, 2.05) is 12.1 Å². The molecule has 0 heterocycles. The lowest BCUT2D eigenvalue weighted by molar-refractivity contribution is -0.111. The molecular formula is C23H33ClN2O2. The van der Waals surface area contributed by atoms with E-state index in [1.165, 1.54) is 38.5 Å². The molecule has 0 fully saturated rings. The summed E-state index contributed by atoms with van der Waals surface area (Å²) in [5.41, 5.74) is 1.74. The zero-order valence-electron chi connectivity index (χ0n) is 17.2. The van der Waals surface area contributed by atoms with Gasteiger partial charge in [0.25, 0.3) is 0 Å². The minimum absolute atomic E-state index is 0.00597. The van der Waals surface area contributed by atoms with Crippen LogP contribution in [0.15, 0.2) is 29.3 Å². The lowest BCUT2D eigenvalue weighted by Crippen LogP contribution is -2.31. The Morgan fingerprint density at radius 2 is 1.39 bits per heavy atom. The van der Waals surface area contributed by atoms with Gasteiger partial charge >= 0.3 is 0 Å². The van der Waals surface area contributed by atoms with Gasteiger partial charge in [-0.05, 0) is 38.9 Å². The molecular weight excluding hydrogens is 372 g/mol. The minimum Gasteiger partial charge on any atom is -0.383 e. The summed E-state index contributed by atoms with van der Waals surface area (Å²) in [5.74, 6) is -1.15. The maximum absolute atomic E-state index is 12.1. The minimum atomic E-state index is -0.622. The van der Waals surface area contributed by atoms with Gasteiger partial charge in [0.1, 0.15) is 5.03 Å². The Morgan fingerprint density at radius 1 is 0.821 bits per heavy atom. The van der Waals surface area contributed by atoms with E-state index < -0.39 is 11.6 Å². The molecule has 1 N–H and O–H groups in total. The fourth-order valence-electron chi connectivity index (χ4n) is 3.55. The Balaban J connectivity index is 1.91. The zero-order valence-corrected chi connectivity index (χ0v) is 18.0. The van der Waals surface area contributed by atoms with E-state index in [4.69, 9.17) is 11.6 Å². The lowest BCUT2D eigenvalue weighted by Gasteiger charge is -2.23. The predicted octanol–water partition coefficient (Wildman–Crippen LogP) is 5.02. The molecule has 1 aliphatic carbocycles. The summed E-state index contributed by atoms with van der Waals surface area (Å²) in [7, 11) is 0. The Morgan fingerprint density at radius 3 is 2.00 bits per heavy atom. The molecule has 0 saturated heterocycles. The van der Waals surface area contributed by atoms with Crippen LogP contribution < -0.4 is 5.32 Å². The van der Waals surface area contributed by atoms with Crippen molar-refractivity contribution >= 4 is 28.9 Å². The largest absolute Gasteiger partial charge is 0.383 e. The van der Waals surface area contributed by atoms with Gasteiger partial charge in [0.2, 0.25) is 11.6 Å². The van der Waals surface area contributed by atoms with Crippen LogP contribution in [0.1, 0.15) is 74.7 Å². The van der Waals surface area contributed by atoms with Crippen LogP contribution in [-0.4, -0.2) is 42.6 Å². The van der Waals surface area contributed by atoms with Crippen molar-refractivity contribution in [2.75, 3.05) is 26.2 Å². The van der Waals surface area contributed by atoms with Crippen molar-refractivity contribution in [3.63, 3.8) is 0 Å². The predicted molar refractivity (Wildman–Crippen MR) is 117 cm³/mol. The first-order valence-electron chi connectivity index (χ1n) is 10.6. The molecule has 28 heavy (non-hydrogen) atoms. The third-order valence-corrected chi connectivity index (χ3v) is 5.54. The zero-order chi connectivity index (χ0) is 20.4. The summed E-state index contributed by atoms with van der Waals surface area (Å²) in [6.07, 6.45) is 8.49. The van der Waals surface area contributed by atoms with Crippen LogP contribution in [-0.2, 0) is 4.79 Å². The maximum Gasteiger partial charge on any atom is 0.246 e. The molecule has 1 aliphatic rings. The first-order valence-corrected chi connectivity index (χ1v) is 11.0. The summed E-state index contributed by atoms with van der Waals surface area (Å²) in [6.45, 7) is 8.51. The van der Waals surface area contributed by atoms with E-state index >= 15 is 0 Å². The van der Waals surface area contributed by atoms with Gasteiger partial charge in [-0.15, -0.1) is 0 Å². The van der Waals surface area contributed by atoms with Gasteiger partial charge in [0.15, 0.2) is 0 Å². The number of allylic oxidation sites excluding steroid dienone is 1. The maximum atomic E-state index is 12.1. The lowest BCUT2D eigenvalue weighted by atomic mass is 9.92. The molecule has 0 spiro atoms. The Bertz CT molecular complexity index is 690. The van der Waals surface area contributed by atoms with Crippen LogP contribution in [0, 0.1) is 0 Å². The molecule has 4 nitrogen and oxygen atoms in total. The number of nitrogens with one attached hydrogen (secondary N) is 1. The molecule has 2 rings (SSSR count). The van der Waals surface area contributed by atoms with Crippen LogP contribution in [0.25, 0.3) is 5.70 Å². The second kappa shape index (κ2) is 12.0. The number of benzene rings is 1. The van der Waals surface area contributed by atoms with Gasteiger partial charge in [-0.1, -0.05) is 75.4 Å². The van der Waals surface area contributed by atoms with Crippen molar-refractivity contribution in [1.82, 2.24) is 10.2 Å². The molecule has 0 radical (unpaired) electrons. The number of carbonyl (C=O) groups is 2. The van der Waals surface area contributed by atoms with Crippen LogP contribution in [0.3, 0.4) is 0 Å². The van der Waals surface area contributed by atoms with Crippen LogP contribution >= 0.6 is 11.6 Å². The van der Waals surface area contributed by atoms with Crippen LogP contribution in [0.2, 0.25) is 0 Å². The highest BCUT2D eigenvalue weighted by atomic mass is 35.5. The van der Waals surface area contributed by atoms with E-state index in [9.17, 15) is 9.59 Å². The normalized spacial score (nSPS) is 14.0. The van der Waals surface area contributed by atoms with Gasteiger partial charge in [-0.25, -0.2) is 0 Å². The molecule has 0 amide bonds. The first-order chi connectivity index (χ1) is 13.6. The van der Waals surface area contributed by atoms with Gasteiger partial charge < -0.3 is 10.2 Å². The highest BCUT2D eigenvalue weighted by Gasteiger charge is 2.31. The number of Topliss-reactive ketones (excluding diaryl/α,β-unsaturated/α-hetero) is 2. The molecule has 0 unspecified atom stereocenters. The first kappa shape index (κ1) is 22.6. The van der Waals surface area contributed by atoms with Gasteiger partial charge in [0.05, 0.1) is 5.70 Å². The summed E-state index contributed by atoms with van der Waals surface area (Å²) in [5, 5.41) is 3.32. The van der Waals surface area contributed by atoms with Crippen molar-refractivity contribution in [2.24, 2.45) is 0 Å². The molecule has 154 valence electrons. The number of rotatable bonds is 13. The molecule has 0 bridgehead atoms. The fraction of sp³-hybridized carbons (Fsp3) is 0.565. The third-order valence-electron chi connectivity index (χ3n) is 5.17. The van der Waals surface area contributed by atoms with E-state index in [0.717, 1.165) is 38.2 Å². The Labute approximate surface area is 174 Å². The molecule has 0 atom stereocenters.